The van der Waals surface area contributed by atoms with Crippen molar-refractivity contribution in [3.63, 3.8) is 0 Å². The number of fused-ring (bicyclic) bond motifs is 1. The molecule has 6 heteroatoms. The highest BCUT2D eigenvalue weighted by molar-refractivity contribution is 5.92. The van der Waals surface area contributed by atoms with Gasteiger partial charge in [-0.05, 0) is 35.9 Å². The molecule has 4 N–H and O–H groups in total. The summed E-state index contributed by atoms with van der Waals surface area (Å²) in [5.74, 6) is -0.735. The van der Waals surface area contributed by atoms with E-state index in [0.717, 1.165) is 10.9 Å². The van der Waals surface area contributed by atoms with Crippen LogP contribution in [0.15, 0.2) is 54.7 Å². The Hall–Kier alpha value is -3.15. The van der Waals surface area contributed by atoms with Gasteiger partial charge in [-0.3, -0.25) is 20.6 Å². The van der Waals surface area contributed by atoms with Crippen molar-refractivity contribution in [2.75, 3.05) is 11.2 Å². The van der Waals surface area contributed by atoms with Crippen molar-refractivity contribution in [3.05, 3.63) is 66.1 Å². The number of nitrogen functional groups attached to an aromatic ring is 1. The zero-order chi connectivity index (χ0) is 16.2. The van der Waals surface area contributed by atoms with Gasteiger partial charge in [0.05, 0.1) is 17.6 Å². The lowest BCUT2D eigenvalue weighted by atomic mass is 10.1. The van der Waals surface area contributed by atoms with E-state index >= 15 is 0 Å². The Morgan fingerprint density at radius 1 is 1.17 bits per heavy atom. The molecule has 116 valence electrons. The lowest BCUT2D eigenvalue weighted by Crippen LogP contribution is -2.30. The van der Waals surface area contributed by atoms with Gasteiger partial charge in [-0.15, -0.1) is 0 Å². The lowest BCUT2D eigenvalue weighted by Gasteiger charge is -2.10. The molecule has 0 fully saturated rings. The van der Waals surface area contributed by atoms with Crippen molar-refractivity contribution >= 4 is 28.2 Å². The fourth-order valence-corrected chi connectivity index (χ4v) is 2.25. The fourth-order valence-electron chi connectivity index (χ4n) is 2.25. The molecule has 0 radical (unpaired) electrons. The van der Waals surface area contributed by atoms with Crippen molar-refractivity contribution in [3.8, 4) is 0 Å². The highest BCUT2D eigenvalue weighted by atomic mass is 19.1. The van der Waals surface area contributed by atoms with Gasteiger partial charge in [0.15, 0.2) is 0 Å². The van der Waals surface area contributed by atoms with Crippen LogP contribution in [0.3, 0.4) is 0 Å². The molecule has 1 heterocycles. The SMILES string of the molecule is Nc1ccnc2ccc(NNC(=O)Cc3ccccc3F)cc12. The van der Waals surface area contributed by atoms with Crippen LogP contribution in [0, 0.1) is 5.82 Å². The Morgan fingerprint density at radius 3 is 2.83 bits per heavy atom. The quantitative estimate of drug-likeness (QED) is 0.647. The van der Waals surface area contributed by atoms with Crippen LogP contribution in [-0.2, 0) is 11.2 Å². The Kier molecular flexibility index (Phi) is 4.05. The number of nitrogens with one attached hydrogen (secondary N) is 2. The predicted molar refractivity (Wildman–Crippen MR) is 88.0 cm³/mol. The van der Waals surface area contributed by atoms with Crippen LogP contribution in [0.25, 0.3) is 10.9 Å². The Bertz CT molecular complexity index is 866. The average Bonchev–Trinajstić information content (AvgIpc) is 2.56. The zero-order valence-electron chi connectivity index (χ0n) is 12.2. The van der Waals surface area contributed by atoms with Crippen molar-refractivity contribution in [2.24, 2.45) is 0 Å². The van der Waals surface area contributed by atoms with E-state index in [2.05, 4.69) is 15.8 Å². The first-order valence-corrected chi connectivity index (χ1v) is 7.06. The van der Waals surface area contributed by atoms with E-state index < -0.39 is 5.82 Å². The third-order valence-electron chi connectivity index (χ3n) is 3.43. The number of anilines is 2. The maximum Gasteiger partial charge on any atom is 0.242 e. The maximum atomic E-state index is 13.5. The molecule has 3 aromatic rings. The molecule has 1 amide bonds. The second-order valence-electron chi connectivity index (χ2n) is 5.07. The minimum atomic E-state index is -0.396. The number of carbonyl (C=O) groups excluding carboxylic acids is 1. The van der Waals surface area contributed by atoms with E-state index in [-0.39, 0.29) is 12.3 Å². The van der Waals surface area contributed by atoms with E-state index in [1.165, 1.54) is 6.07 Å². The third kappa shape index (κ3) is 3.37. The Labute approximate surface area is 132 Å². The van der Waals surface area contributed by atoms with Crippen LogP contribution in [0.2, 0.25) is 0 Å². The maximum absolute atomic E-state index is 13.5. The zero-order valence-corrected chi connectivity index (χ0v) is 12.2. The molecule has 0 aliphatic heterocycles. The molecule has 0 saturated heterocycles. The molecule has 0 unspecified atom stereocenters. The standard InChI is InChI=1S/C17H15FN4O/c18-14-4-2-1-3-11(14)9-17(23)22-21-12-5-6-16-13(10-12)15(19)7-8-20-16/h1-8,10,21H,9H2,(H2,19,20)(H,22,23). The fraction of sp³-hybridized carbons (Fsp3) is 0.0588. The van der Waals surface area contributed by atoms with Crippen LogP contribution >= 0.6 is 0 Å². The lowest BCUT2D eigenvalue weighted by molar-refractivity contribution is -0.120. The number of halogens is 1. The first-order chi connectivity index (χ1) is 11.1. The van der Waals surface area contributed by atoms with Crippen molar-refractivity contribution in [1.29, 1.82) is 0 Å². The molecule has 0 saturated carbocycles. The summed E-state index contributed by atoms with van der Waals surface area (Å²) in [6.07, 6.45) is 1.60. The number of nitrogens with zero attached hydrogens (tertiary/aromatic N) is 1. The van der Waals surface area contributed by atoms with Crippen molar-refractivity contribution < 1.29 is 9.18 Å². The molecule has 0 bridgehead atoms. The summed E-state index contributed by atoms with van der Waals surface area (Å²) in [6.45, 7) is 0. The number of carbonyl (C=O) groups is 1. The molecule has 5 nitrogen and oxygen atoms in total. The van der Waals surface area contributed by atoms with E-state index in [1.54, 1.807) is 48.7 Å². The number of benzene rings is 2. The largest absolute Gasteiger partial charge is 0.398 e. The summed E-state index contributed by atoms with van der Waals surface area (Å²) in [6, 6.07) is 13.3. The summed E-state index contributed by atoms with van der Waals surface area (Å²) < 4.78 is 13.5. The molecule has 0 aliphatic rings. The number of hydrazine groups is 1. The average molecular weight is 310 g/mol. The van der Waals surface area contributed by atoms with Crippen LogP contribution < -0.4 is 16.6 Å². The summed E-state index contributed by atoms with van der Waals surface area (Å²) >= 11 is 0. The molecule has 0 aliphatic carbocycles. The molecular formula is C17H15FN4O. The first-order valence-electron chi connectivity index (χ1n) is 7.06. The molecular weight excluding hydrogens is 295 g/mol. The van der Waals surface area contributed by atoms with Gasteiger partial charge in [0.1, 0.15) is 5.82 Å². The van der Waals surface area contributed by atoms with Crippen LogP contribution in [0.4, 0.5) is 15.8 Å². The summed E-state index contributed by atoms with van der Waals surface area (Å²) in [5, 5.41) is 0.792. The summed E-state index contributed by atoms with van der Waals surface area (Å²) in [5.41, 5.74) is 13.6. The Morgan fingerprint density at radius 2 is 2.00 bits per heavy atom. The van der Waals surface area contributed by atoms with Gasteiger partial charge in [-0.25, -0.2) is 4.39 Å². The number of pyridine rings is 1. The minimum absolute atomic E-state index is 0.0447. The normalized spacial score (nSPS) is 10.5. The molecule has 0 atom stereocenters. The number of hydrogen-bond donors (Lipinski definition) is 3. The third-order valence-corrected chi connectivity index (χ3v) is 3.43. The van der Waals surface area contributed by atoms with Gasteiger partial charge in [0.25, 0.3) is 0 Å². The molecule has 0 spiro atoms. The number of aromatic nitrogens is 1. The van der Waals surface area contributed by atoms with Gasteiger partial charge >= 0.3 is 0 Å². The van der Waals surface area contributed by atoms with Crippen LogP contribution in [-0.4, -0.2) is 10.9 Å². The smallest absolute Gasteiger partial charge is 0.242 e. The van der Waals surface area contributed by atoms with E-state index in [1.807, 2.05) is 0 Å². The second-order valence-corrected chi connectivity index (χ2v) is 5.07. The van der Waals surface area contributed by atoms with Crippen LogP contribution in [0.1, 0.15) is 5.56 Å². The molecule has 2 aromatic carbocycles. The molecule has 3 rings (SSSR count). The monoisotopic (exact) mass is 310 g/mol. The van der Waals surface area contributed by atoms with Gasteiger partial charge in [-0.2, -0.15) is 0 Å². The van der Waals surface area contributed by atoms with Crippen molar-refractivity contribution in [2.45, 2.75) is 6.42 Å². The summed E-state index contributed by atoms with van der Waals surface area (Å²) in [4.78, 5) is 16.1. The van der Waals surface area contributed by atoms with Crippen molar-refractivity contribution in [1.82, 2.24) is 10.4 Å². The van der Waals surface area contributed by atoms with E-state index in [0.29, 0.717) is 16.9 Å². The number of hydrogen-bond acceptors (Lipinski definition) is 4. The number of nitrogens with two attached hydrogens (primary N) is 1. The molecule has 1 aromatic heterocycles. The highest BCUT2D eigenvalue weighted by Crippen LogP contribution is 2.22. The first kappa shape index (κ1) is 14.8. The molecule has 23 heavy (non-hydrogen) atoms. The highest BCUT2D eigenvalue weighted by Gasteiger charge is 2.07. The predicted octanol–water partition coefficient (Wildman–Crippen LogP) is 2.64. The van der Waals surface area contributed by atoms with E-state index in [9.17, 15) is 9.18 Å². The minimum Gasteiger partial charge on any atom is -0.398 e. The topological polar surface area (TPSA) is 80.0 Å². The Balaban J connectivity index is 1.67. The van der Waals surface area contributed by atoms with E-state index in [4.69, 9.17) is 5.73 Å². The van der Waals surface area contributed by atoms with Gasteiger partial charge < -0.3 is 5.73 Å². The second kappa shape index (κ2) is 6.31. The van der Waals surface area contributed by atoms with Gasteiger partial charge in [0.2, 0.25) is 5.91 Å². The van der Waals surface area contributed by atoms with Gasteiger partial charge in [-0.1, -0.05) is 18.2 Å². The number of rotatable bonds is 4. The van der Waals surface area contributed by atoms with Gasteiger partial charge in [0, 0.05) is 17.3 Å². The number of amides is 1. The summed E-state index contributed by atoms with van der Waals surface area (Å²) in [7, 11) is 0. The van der Waals surface area contributed by atoms with Crippen LogP contribution in [0.5, 0.6) is 0 Å².